The lowest BCUT2D eigenvalue weighted by Gasteiger charge is -2.39. The summed E-state index contributed by atoms with van der Waals surface area (Å²) < 4.78 is 12.9. The molecule has 0 aromatic rings. The van der Waals surface area contributed by atoms with Crippen LogP contribution in [0.5, 0.6) is 0 Å². The second-order valence-electron chi connectivity index (χ2n) is 13.4. The van der Waals surface area contributed by atoms with Gasteiger partial charge in [-0.15, -0.1) is 0 Å². The fourth-order valence-corrected chi connectivity index (χ4v) is 7.43. The molecule has 0 unspecified atom stereocenters. The second-order valence-corrected chi connectivity index (χ2v) is 13.4. The maximum atomic E-state index is 12.7. The van der Waals surface area contributed by atoms with Crippen LogP contribution in [0.2, 0.25) is 0 Å². The van der Waals surface area contributed by atoms with Gasteiger partial charge in [0.2, 0.25) is 0 Å². The first-order valence-electron chi connectivity index (χ1n) is 18.0. The third-order valence-corrected chi connectivity index (χ3v) is 9.96. The molecule has 2 heterocycles. The fraction of sp³-hybridized carbons (Fsp3) is 0.971. The van der Waals surface area contributed by atoms with Gasteiger partial charge in [-0.25, -0.2) is 0 Å². The summed E-state index contributed by atoms with van der Waals surface area (Å²) in [6, 6.07) is 0. The summed E-state index contributed by atoms with van der Waals surface area (Å²) in [5, 5.41) is 3.53. The van der Waals surface area contributed by atoms with Gasteiger partial charge in [0.25, 0.3) is 0 Å². The highest BCUT2D eigenvalue weighted by Crippen LogP contribution is 2.45. The van der Waals surface area contributed by atoms with Crippen LogP contribution in [0, 0.1) is 0 Å². The number of nitrogens with one attached hydrogen (secondary N) is 1. The first-order valence-corrected chi connectivity index (χ1v) is 18.0. The van der Waals surface area contributed by atoms with Gasteiger partial charge in [-0.1, -0.05) is 122 Å². The number of hydrogen-bond donors (Lipinski definition) is 1. The molecule has 0 amide bonds. The van der Waals surface area contributed by atoms with E-state index >= 15 is 0 Å². The highest BCUT2D eigenvalue weighted by Gasteiger charge is 2.53. The van der Waals surface area contributed by atoms with Gasteiger partial charge >= 0.3 is 5.97 Å². The number of esters is 1. The van der Waals surface area contributed by atoms with Gasteiger partial charge in [0.05, 0.1) is 18.6 Å². The SMILES string of the molecule is CCCCCCCCCCCCCCOC(=O)CCN1CC2(CCNCC2)OC12CCCCCCCCCCC2. The smallest absolute Gasteiger partial charge is 0.307 e. The number of piperidine rings is 1. The molecule has 5 heteroatoms. The Morgan fingerprint density at radius 3 is 1.75 bits per heavy atom. The largest absolute Gasteiger partial charge is 0.466 e. The van der Waals surface area contributed by atoms with Crippen LogP contribution in [0.1, 0.15) is 174 Å². The monoisotopic (exact) mass is 563 g/mol. The molecule has 0 aromatic heterocycles. The minimum atomic E-state index is -0.174. The molecule has 0 aromatic carbocycles. The normalized spacial score (nSPS) is 22.2. The van der Waals surface area contributed by atoms with Crippen molar-refractivity contribution in [2.45, 2.75) is 185 Å². The summed E-state index contributed by atoms with van der Waals surface area (Å²) >= 11 is 0. The van der Waals surface area contributed by atoms with Crippen molar-refractivity contribution in [1.29, 1.82) is 0 Å². The third-order valence-electron chi connectivity index (χ3n) is 9.96. The van der Waals surface area contributed by atoms with Gasteiger partial charge in [-0.2, -0.15) is 0 Å². The lowest BCUT2D eigenvalue weighted by molar-refractivity contribution is -0.161. The van der Waals surface area contributed by atoms with Gasteiger partial charge in [-0.05, 0) is 58.0 Å². The predicted octanol–water partition coefficient (Wildman–Crippen LogP) is 9.08. The molecule has 40 heavy (non-hydrogen) atoms. The maximum absolute atomic E-state index is 12.7. The molecule has 3 fully saturated rings. The van der Waals surface area contributed by atoms with E-state index in [4.69, 9.17) is 9.47 Å². The van der Waals surface area contributed by atoms with Crippen LogP contribution in [-0.4, -0.2) is 55.0 Å². The molecule has 2 aliphatic heterocycles. The predicted molar refractivity (Wildman–Crippen MR) is 168 cm³/mol. The lowest BCUT2D eigenvalue weighted by atomic mass is 9.92. The van der Waals surface area contributed by atoms with Crippen molar-refractivity contribution in [2.75, 3.05) is 32.8 Å². The zero-order valence-corrected chi connectivity index (χ0v) is 26.6. The van der Waals surface area contributed by atoms with Crippen LogP contribution in [0.25, 0.3) is 0 Å². The number of rotatable bonds is 16. The Morgan fingerprint density at radius 1 is 0.700 bits per heavy atom. The Bertz CT molecular complexity index is 637. The molecular formula is C35H66N2O3. The quantitative estimate of drug-likeness (QED) is 0.150. The molecular weight excluding hydrogens is 496 g/mol. The van der Waals surface area contributed by atoms with E-state index in [9.17, 15) is 4.79 Å². The van der Waals surface area contributed by atoms with Crippen molar-refractivity contribution < 1.29 is 14.3 Å². The van der Waals surface area contributed by atoms with Gasteiger partial charge in [0.1, 0.15) is 5.72 Å². The van der Waals surface area contributed by atoms with Crippen LogP contribution >= 0.6 is 0 Å². The summed E-state index contributed by atoms with van der Waals surface area (Å²) in [5.74, 6) is -0.0161. The number of carbonyl (C=O) groups is 1. The van der Waals surface area contributed by atoms with E-state index in [0.29, 0.717) is 13.0 Å². The molecule has 0 radical (unpaired) electrons. The van der Waals surface area contributed by atoms with E-state index in [1.807, 2.05) is 0 Å². The van der Waals surface area contributed by atoms with E-state index < -0.39 is 0 Å². The van der Waals surface area contributed by atoms with Crippen molar-refractivity contribution in [2.24, 2.45) is 0 Å². The van der Waals surface area contributed by atoms with Crippen LogP contribution in [-0.2, 0) is 14.3 Å². The Hall–Kier alpha value is -0.650. The average Bonchev–Trinajstić information content (AvgIpc) is 3.24. The van der Waals surface area contributed by atoms with Crippen molar-refractivity contribution in [1.82, 2.24) is 10.2 Å². The second kappa shape index (κ2) is 20.3. The molecule has 0 bridgehead atoms. The van der Waals surface area contributed by atoms with E-state index in [0.717, 1.165) is 58.3 Å². The van der Waals surface area contributed by atoms with E-state index in [-0.39, 0.29) is 17.3 Å². The Labute approximate surface area is 248 Å². The van der Waals surface area contributed by atoms with Crippen LogP contribution in [0.3, 0.4) is 0 Å². The maximum Gasteiger partial charge on any atom is 0.307 e. The topological polar surface area (TPSA) is 50.8 Å². The van der Waals surface area contributed by atoms with E-state index in [2.05, 4.69) is 17.1 Å². The van der Waals surface area contributed by atoms with E-state index in [1.54, 1.807) is 0 Å². The number of carbonyl (C=O) groups excluding carboxylic acids is 1. The summed E-state index contributed by atoms with van der Waals surface area (Å²) in [5.41, 5.74) is -0.201. The fourth-order valence-electron chi connectivity index (χ4n) is 7.43. The molecule has 1 N–H and O–H groups in total. The Kier molecular flexibility index (Phi) is 17.2. The standard InChI is InChI=1S/C35H66N2O3/c1-2-3-4-5-6-7-8-9-13-16-19-22-31-39-33(38)23-30-37-32-34(26-28-36-29-27-34)40-35(37)24-20-17-14-11-10-12-15-18-21-25-35/h36H,2-32H2,1H3. The first-order chi connectivity index (χ1) is 19.7. The zero-order chi connectivity index (χ0) is 28.2. The van der Waals surface area contributed by atoms with Gasteiger partial charge < -0.3 is 14.8 Å². The molecule has 0 atom stereocenters. The molecule has 5 nitrogen and oxygen atoms in total. The third kappa shape index (κ3) is 12.7. The summed E-state index contributed by atoms with van der Waals surface area (Å²) in [4.78, 5) is 15.3. The van der Waals surface area contributed by atoms with Crippen molar-refractivity contribution in [3.05, 3.63) is 0 Å². The summed E-state index contributed by atoms with van der Waals surface area (Å²) in [6.07, 6.45) is 32.9. The molecule has 3 rings (SSSR count). The minimum Gasteiger partial charge on any atom is -0.466 e. The molecule has 1 saturated carbocycles. The van der Waals surface area contributed by atoms with Crippen molar-refractivity contribution in [3.8, 4) is 0 Å². The Morgan fingerprint density at radius 2 is 1.20 bits per heavy atom. The molecule has 2 spiro atoms. The molecule has 1 aliphatic carbocycles. The first kappa shape index (κ1) is 33.8. The Balaban J connectivity index is 1.35. The number of unbranched alkanes of at least 4 members (excludes halogenated alkanes) is 11. The zero-order valence-electron chi connectivity index (χ0n) is 26.6. The number of nitrogens with zero attached hydrogens (tertiary/aromatic N) is 1. The van der Waals surface area contributed by atoms with Gasteiger partial charge in [-0.3, -0.25) is 9.69 Å². The summed E-state index contributed by atoms with van der Waals surface area (Å²) in [6.45, 7) is 6.74. The average molecular weight is 563 g/mol. The summed E-state index contributed by atoms with van der Waals surface area (Å²) in [7, 11) is 0. The van der Waals surface area contributed by atoms with E-state index in [1.165, 1.54) is 128 Å². The number of ether oxygens (including phenoxy) is 2. The molecule has 3 aliphatic rings. The highest BCUT2D eigenvalue weighted by molar-refractivity contribution is 5.69. The highest BCUT2D eigenvalue weighted by atomic mass is 16.6. The van der Waals surface area contributed by atoms with Gasteiger partial charge in [0.15, 0.2) is 0 Å². The molecule has 234 valence electrons. The van der Waals surface area contributed by atoms with Crippen LogP contribution in [0.15, 0.2) is 0 Å². The lowest BCUT2D eigenvalue weighted by Crippen LogP contribution is -2.46. The molecule has 2 saturated heterocycles. The van der Waals surface area contributed by atoms with Crippen molar-refractivity contribution in [3.63, 3.8) is 0 Å². The minimum absolute atomic E-state index is 0.0161. The van der Waals surface area contributed by atoms with Crippen molar-refractivity contribution >= 4 is 5.97 Å². The van der Waals surface area contributed by atoms with Crippen LogP contribution < -0.4 is 5.32 Å². The van der Waals surface area contributed by atoms with Gasteiger partial charge in [0, 0.05) is 13.1 Å². The number of hydrogen-bond acceptors (Lipinski definition) is 5. The van der Waals surface area contributed by atoms with Crippen LogP contribution in [0.4, 0.5) is 0 Å².